The summed E-state index contributed by atoms with van der Waals surface area (Å²) < 4.78 is 5.32. The molecular formula is C14H20N2O2. The molecule has 1 aliphatic heterocycles. The first-order valence-corrected chi connectivity index (χ1v) is 6.37. The second kappa shape index (κ2) is 5.98. The molecule has 0 aromatic heterocycles. The van der Waals surface area contributed by atoms with Crippen molar-refractivity contribution in [3.8, 4) is 0 Å². The third-order valence-corrected chi connectivity index (χ3v) is 3.48. The summed E-state index contributed by atoms with van der Waals surface area (Å²) >= 11 is 0. The van der Waals surface area contributed by atoms with Gasteiger partial charge in [0.2, 0.25) is 5.91 Å². The zero-order valence-corrected chi connectivity index (χ0v) is 10.6. The molecule has 4 nitrogen and oxygen atoms in total. The van der Waals surface area contributed by atoms with Crippen LogP contribution in [0.5, 0.6) is 0 Å². The molecule has 1 amide bonds. The van der Waals surface area contributed by atoms with Crippen LogP contribution in [0.3, 0.4) is 0 Å². The molecule has 98 valence electrons. The fourth-order valence-electron chi connectivity index (χ4n) is 2.19. The van der Waals surface area contributed by atoms with Gasteiger partial charge >= 0.3 is 0 Å². The van der Waals surface area contributed by atoms with E-state index in [9.17, 15) is 4.79 Å². The number of ether oxygens (including phenoxy) is 1. The summed E-state index contributed by atoms with van der Waals surface area (Å²) in [5.74, 6) is 0.275. The van der Waals surface area contributed by atoms with E-state index in [1.807, 2.05) is 37.3 Å². The van der Waals surface area contributed by atoms with Crippen LogP contribution in [0, 0.1) is 5.92 Å². The molecule has 0 bridgehead atoms. The number of amides is 1. The van der Waals surface area contributed by atoms with Crippen molar-refractivity contribution in [3.63, 3.8) is 0 Å². The lowest BCUT2D eigenvalue weighted by Gasteiger charge is -2.21. The van der Waals surface area contributed by atoms with Crippen LogP contribution in [0.25, 0.3) is 0 Å². The molecule has 1 aromatic carbocycles. The maximum atomic E-state index is 12.0. The van der Waals surface area contributed by atoms with Crippen LogP contribution in [-0.4, -0.2) is 25.2 Å². The van der Waals surface area contributed by atoms with Crippen LogP contribution in [0.4, 0.5) is 0 Å². The van der Waals surface area contributed by atoms with Crippen molar-refractivity contribution in [2.75, 3.05) is 13.2 Å². The van der Waals surface area contributed by atoms with Gasteiger partial charge in [0.1, 0.15) is 6.04 Å². The molecule has 0 saturated carbocycles. The van der Waals surface area contributed by atoms with Crippen LogP contribution in [0.1, 0.15) is 24.9 Å². The fraction of sp³-hybridized carbons (Fsp3) is 0.500. The second-order valence-corrected chi connectivity index (χ2v) is 4.81. The third-order valence-electron chi connectivity index (χ3n) is 3.48. The van der Waals surface area contributed by atoms with Crippen LogP contribution in [0.2, 0.25) is 0 Å². The first-order chi connectivity index (χ1) is 8.68. The molecule has 0 radical (unpaired) electrons. The van der Waals surface area contributed by atoms with E-state index in [1.165, 1.54) is 0 Å². The smallest absolute Gasteiger partial charge is 0.241 e. The van der Waals surface area contributed by atoms with Gasteiger partial charge in [0, 0.05) is 18.6 Å². The number of hydrogen-bond donors (Lipinski definition) is 2. The van der Waals surface area contributed by atoms with Crippen molar-refractivity contribution >= 4 is 5.91 Å². The minimum atomic E-state index is -0.601. The Hall–Kier alpha value is -1.39. The average Bonchev–Trinajstić information content (AvgIpc) is 2.92. The number of nitrogens with one attached hydrogen (secondary N) is 1. The van der Waals surface area contributed by atoms with E-state index in [0.29, 0.717) is 5.92 Å². The Bertz CT molecular complexity index is 388. The Balaban J connectivity index is 1.91. The Morgan fingerprint density at radius 1 is 1.44 bits per heavy atom. The quantitative estimate of drug-likeness (QED) is 0.842. The fourth-order valence-corrected chi connectivity index (χ4v) is 2.19. The highest BCUT2D eigenvalue weighted by molar-refractivity contribution is 5.83. The summed E-state index contributed by atoms with van der Waals surface area (Å²) in [5.41, 5.74) is 6.78. The van der Waals surface area contributed by atoms with E-state index in [1.54, 1.807) is 0 Å². The van der Waals surface area contributed by atoms with Gasteiger partial charge in [0.25, 0.3) is 0 Å². The molecule has 2 rings (SSSR count). The van der Waals surface area contributed by atoms with E-state index < -0.39 is 6.04 Å². The largest absolute Gasteiger partial charge is 0.381 e. The number of benzene rings is 1. The summed E-state index contributed by atoms with van der Waals surface area (Å²) in [6.07, 6.45) is 1.00. The van der Waals surface area contributed by atoms with Crippen molar-refractivity contribution in [1.29, 1.82) is 0 Å². The van der Waals surface area contributed by atoms with Crippen LogP contribution in [-0.2, 0) is 9.53 Å². The second-order valence-electron chi connectivity index (χ2n) is 4.81. The minimum absolute atomic E-state index is 0.106. The molecule has 1 aromatic rings. The van der Waals surface area contributed by atoms with Crippen LogP contribution >= 0.6 is 0 Å². The third kappa shape index (κ3) is 3.09. The van der Waals surface area contributed by atoms with Crippen LogP contribution < -0.4 is 11.1 Å². The topological polar surface area (TPSA) is 64.4 Å². The van der Waals surface area contributed by atoms with Crippen molar-refractivity contribution in [1.82, 2.24) is 5.32 Å². The molecule has 3 N–H and O–H groups in total. The molecule has 4 heteroatoms. The highest BCUT2D eigenvalue weighted by atomic mass is 16.5. The highest BCUT2D eigenvalue weighted by Crippen LogP contribution is 2.17. The summed E-state index contributed by atoms with van der Waals surface area (Å²) in [7, 11) is 0. The number of rotatable bonds is 4. The van der Waals surface area contributed by atoms with Crippen molar-refractivity contribution in [2.24, 2.45) is 11.7 Å². The van der Waals surface area contributed by atoms with Gasteiger partial charge in [-0.2, -0.15) is 0 Å². The molecule has 1 aliphatic rings. The van der Waals surface area contributed by atoms with Gasteiger partial charge in [-0.05, 0) is 18.9 Å². The standard InChI is InChI=1S/C14H20N2O2/c1-10(12-7-8-18-9-12)16-14(17)13(15)11-5-3-2-4-6-11/h2-6,10,12-13H,7-9,15H2,1H3,(H,16,17)/t10?,12?,13-/m0/s1. The number of hydrogen-bond acceptors (Lipinski definition) is 3. The van der Waals surface area contributed by atoms with Gasteiger partial charge in [0.15, 0.2) is 0 Å². The zero-order chi connectivity index (χ0) is 13.0. The highest BCUT2D eigenvalue weighted by Gasteiger charge is 2.25. The normalized spacial score (nSPS) is 22.4. The zero-order valence-electron chi connectivity index (χ0n) is 10.6. The summed E-state index contributed by atoms with van der Waals surface area (Å²) in [4.78, 5) is 12.0. The summed E-state index contributed by atoms with van der Waals surface area (Å²) in [6.45, 7) is 3.52. The molecule has 1 fully saturated rings. The first kappa shape index (κ1) is 13.1. The van der Waals surface area contributed by atoms with Gasteiger partial charge in [-0.25, -0.2) is 0 Å². The van der Waals surface area contributed by atoms with E-state index in [-0.39, 0.29) is 11.9 Å². The van der Waals surface area contributed by atoms with Crippen LogP contribution in [0.15, 0.2) is 30.3 Å². The van der Waals surface area contributed by atoms with Crippen molar-refractivity contribution < 1.29 is 9.53 Å². The molecule has 1 heterocycles. The molecule has 2 unspecified atom stereocenters. The van der Waals surface area contributed by atoms with Gasteiger partial charge in [-0.1, -0.05) is 30.3 Å². The Kier molecular flexibility index (Phi) is 4.33. The molecule has 0 spiro atoms. The lowest BCUT2D eigenvalue weighted by atomic mass is 9.99. The number of nitrogens with two attached hydrogens (primary N) is 1. The lowest BCUT2D eigenvalue weighted by molar-refractivity contribution is -0.123. The molecular weight excluding hydrogens is 228 g/mol. The van der Waals surface area contributed by atoms with E-state index in [4.69, 9.17) is 10.5 Å². The van der Waals surface area contributed by atoms with Gasteiger partial charge in [-0.3, -0.25) is 4.79 Å². The van der Waals surface area contributed by atoms with Gasteiger partial charge in [-0.15, -0.1) is 0 Å². The maximum absolute atomic E-state index is 12.0. The van der Waals surface area contributed by atoms with Crippen molar-refractivity contribution in [2.45, 2.75) is 25.4 Å². The van der Waals surface area contributed by atoms with E-state index in [2.05, 4.69) is 5.32 Å². The maximum Gasteiger partial charge on any atom is 0.241 e. The minimum Gasteiger partial charge on any atom is -0.381 e. The summed E-state index contributed by atoms with van der Waals surface area (Å²) in [6, 6.07) is 8.92. The van der Waals surface area contributed by atoms with E-state index >= 15 is 0 Å². The van der Waals surface area contributed by atoms with Gasteiger partial charge < -0.3 is 15.8 Å². The number of carbonyl (C=O) groups excluding carboxylic acids is 1. The Morgan fingerprint density at radius 3 is 2.78 bits per heavy atom. The monoisotopic (exact) mass is 248 g/mol. The van der Waals surface area contributed by atoms with E-state index in [0.717, 1.165) is 25.2 Å². The molecule has 1 saturated heterocycles. The van der Waals surface area contributed by atoms with Crippen molar-refractivity contribution in [3.05, 3.63) is 35.9 Å². The van der Waals surface area contributed by atoms with Gasteiger partial charge in [0.05, 0.1) is 6.61 Å². The first-order valence-electron chi connectivity index (χ1n) is 6.37. The SMILES string of the molecule is CC(NC(=O)[C@@H](N)c1ccccc1)C1CCOC1. The molecule has 18 heavy (non-hydrogen) atoms. The Labute approximate surface area is 108 Å². The Morgan fingerprint density at radius 2 is 2.17 bits per heavy atom. The number of carbonyl (C=O) groups is 1. The molecule has 3 atom stereocenters. The molecule has 0 aliphatic carbocycles. The predicted molar refractivity (Wildman–Crippen MR) is 69.9 cm³/mol. The summed E-state index contributed by atoms with van der Waals surface area (Å²) in [5, 5.41) is 2.98. The lowest BCUT2D eigenvalue weighted by Crippen LogP contribution is -2.43. The average molecular weight is 248 g/mol. The predicted octanol–water partition coefficient (Wildman–Crippen LogP) is 1.23.